The number of carbonyl (C=O) groups is 1. The number of carbonyl (C=O) groups excluding carboxylic acids is 1. The summed E-state index contributed by atoms with van der Waals surface area (Å²) >= 11 is 5.85. The third kappa shape index (κ3) is 12.9. The molecule has 9 nitrogen and oxygen atoms in total. The van der Waals surface area contributed by atoms with Crippen LogP contribution in [0.2, 0.25) is 5.02 Å². The zero-order chi connectivity index (χ0) is 29.7. The molecule has 3 rings (SSSR count). The number of amides is 1. The average Bonchev–Trinajstić information content (AvgIpc) is 2.91. The van der Waals surface area contributed by atoms with E-state index in [2.05, 4.69) is 40.1 Å². The summed E-state index contributed by atoms with van der Waals surface area (Å²) in [4.78, 5) is 18.9. The van der Waals surface area contributed by atoms with E-state index in [0.29, 0.717) is 47.8 Å². The number of halogens is 4. The molecule has 0 fully saturated rings. The number of nitrogen functional groups attached to an aromatic ring is 1. The van der Waals surface area contributed by atoms with Crippen molar-refractivity contribution in [3.63, 3.8) is 0 Å². The summed E-state index contributed by atoms with van der Waals surface area (Å²) in [5, 5.41) is 2.26. The second-order valence-corrected chi connectivity index (χ2v) is 8.64. The first-order valence-corrected chi connectivity index (χ1v) is 12.4. The number of anilines is 1. The van der Waals surface area contributed by atoms with E-state index < -0.39 is 12.1 Å². The fourth-order valence-corrected chi connectivity index (χ4v) is 3.57. The molecule has 1 amide bonds. The number of hydrogen-bond acceptors (Lipinski definition) is 7. The molecule has 224 valence electrons. The largest absolute Gasteiger partial charge is 1.00 e. The third-order valence-corrected chi connectivity index (χ3v) is 5.44. The van der Waals surface area contributed by atoms with Crippen LogP contribution in [0.1, 0.15) is 30.2 Å². The molecule has 0 aliphatic heterocycles. The molecule has 0 saturated heterocycles. The van der Waals surface area contributed by atoms with Gasteiger partial charge in [-0.25, -0.2) is 0 Å². The number of aliphatic imine (C=N–C) groups is 1. The first-order chi connectivity index (χ1) is 19.0. The molecule has 0 aliphatic carbocycles. The van der Waals surface area contributed by atoms with Gasteiger partial charge >= 0.3 is 57.7 Å². The van der Waals surface area contributed by atoms with Crippen molar-refractivity contribution >= 4 is 29.9 Å². The number of aromatic nitrogens is 1. The van der Waals surface area contributed by atoms with Crippen molar-refractivity contribution in [1.82, 2.24) is 10.3 Å². The molecule has 42 heavy (non-hydrogen) atoms. The normalized spacial score (nSPS) is 10.5. The summed E-state index contributed by atoms with van der Waals surface area (Å²) in [6.45, 7) is 5.31. The van der Waals surface area contributed by atoms with Gasteiger partial charge in [0, 0.05) is 24.9 Å². The number of methoxy groups -OCH3 is 1. The number of nitrogens with one attached hydrogen (secondary N) is 1. The molecule has 0 aliphatic rings. The molecule has 0 unspecified atom stereocenters. The molecule has 1 aromatic heterocycles. The van der Waals surface area contributed by atoms with Crippen molar-refractivity contribution < 1.29 is 83.6 Å². The Kier molecular flexibility index (Phi) is 18.6. The monoisotopic (exact) mass is 633 g/mol. The van der Waals surface area contributed by atoms with Gasteiger partial charge < -0.3 is 36.4 Å². The molecule has 0 radical (unpaired) electrons. The van der Waals surface area contributed by atoms with Gasteiger partial charge in [-0.15, -0.1) is 19.2 Å². The van der Waals surface area contributed by atoms with Crippen molar-refractivity contribution in [2.24, 2.45) is 4.99 Å². The minimum absolute atomic E-state index is 0. The number of aryl methyl sites for hydroxylation is 1. The maximum atomic E-state index is 12.3. The molecule has 5 N–H and O–H groups in total. The van der Waals surface area contributed by atoms with Crippen molar-refractivity contribution in [3.05, 3.63) is 77.6 Å². The molecule has 2 aromatic carbocycles. The van der Waals surface area contributed by atoms with Crippen LogP contribution in [-0.4, -0.2) is 44.2 Å². The van der Waals surface area contributed by atoms with E-state index in [1.165, 1.54) is 12.1 Å². The Bertz CT molecular complexity index is 1310. The Hall–Kier alpha value is -2.39. The maximum absolute atomic E-state index is 12.3. The summed E-state index contributed by atoms with van der Waals surface area (Å²) in [6.07, 6.45) is -0.988. The molecular formula is C28H32ClF3KN5O4-2. The number of pyridine rings is 1. The Balaban J connectivity index is 0.000000855. The molecule has 0 spiro atoms. The van der Waals surface area contributed by atoms with Crippen LogP contribution in [0.5, 0.6) is 17.2 Å². The molecule has 0 saturated carbocycles. The van der Waals surface area contributed by atoms with Crippen LogP contribution >= 0.6 is 11.6 Å². The number of hydrogen-bond donors (Lipinski definition) is 2. The topological polar surface area (TPSA) is 142 Å². The zero-order valence-electron chi connectivity index (χ0n) is 23.8. The standard InChI is InChI=1S/C16H12ClF3N2O3.C12H18N2O.K.H2N/c1-24-14-5-3-11(6-7-21-9-23)22-15(14)10-2-4-13(12(17)8-10)25-16(18,19)20;1-4-5-14-8-10-6-9(2)7-11(15-3)12(10)13;;/h2-4,8-9H,1,6-7H2,(H,21,23);6-8H,4-5,13H2,1-3H3;;1H2/q-2;;+1;-1. The van der Waals surface area contributed by atoms with Gasteiger partial charge in [0.15, 0.2) is 0 Å². The first-order valence-electron chi connectivity index (χ1n) is 12.0. The summed E-state index contributed by atoms with van der Waals surface area (Å²) in [5.41, 5.74) is 9.94. The summed E-state index contributed by atoms with van der Waals surface area (Å²) < 4.78 is 50.9. The third-order valence-electron chi connectivity index (χ3n) is 5.15. The number of benzene rings is 2. The van der Waals surface area contributed by atoms with Gasteiger partial charge in [0.25, 0.3) is 0 Å². The van der Waals surface area contributed by atoms with E-state index in [4.69, 9.17) is 26.8 Å². The van der Waals surface area contributed by atoms with Crippen LogP contribution in [0.4, 0.5) is 18.9 Å². The fourth-order valence-electron chi connectivity index (χ4n) is 3.35. The van der Waals surface area contributed by atoms with E-state index in [1.54, 1.807) is 13.2 Å². The minimum Gasteiger partial charge on any atom is -0.693 e. The molecule has 0 bridgehead atoms. The van der Waals surface area contributed by atoms with Crippen LogP contribution in [0.15, 0.2) is 41.4 Å². The molecule has 1 heterocycles. The number of ether oxygens (including phenoxy) is 3. The van der Waals surface area contributed by atoms with Crippen molar-refractivity contribution in [3.8, 4) is 28.5 Å². The van der Waals surface area contributed by atoms with Gasteiger partial charge in [0.2, 0.25) is 6.41 Å². The molecule has 14 heteroatoms. The Morgan fingerprint density at radius 1 is 1.24 bits per heavy atom. The van der Waals surface area contributed by atoms with Crippen LogP contribution in [0.3, 0.4) is 0 Å². The SMILES string of the molecule is CCCN=Cc1cc(C)cc(OC)c1N.[CH2-]Oc1[c-]cc(CCNC=O)nc1-c1ccc(OC(F)(F)F)c(Cl)c1.[K+].[NH2-]. The van der Waals surface area contributed by atoms with Crippen LogP contribution in [0, 0.1) is 20.1 Å². The summed E-state index contributed by atoms with van der Waals surface area (Å²) in [6, 6.07) is 12.1. The number of nitrogens with zero attached hydrogens (tertiary/aromatic N) is 2. The molecular weight excluding hydrogens is 602 g/mol. The average molecular weight is 634 g/mol. The van der Waals surface area contributed by atoms with E-state index in [1.807, 2.05) is 25.3 Å². The van der Waals surface area contributed by atoms with Gasteiger partial charge in [0.1, 0.15) is 11.5 Å². The van der Waals surface area contributed by atoms with Gasteiger partial charge in [-0.3, -0.25) is 9.79 Å². The van der Waals surface area contributed by atoms with Crippen LogP contribution in [0.25, 0.3) is 17.4 Å². The smallest absolute Gasteiger partial charge is 0.693 e. The molecule has 0 atom stereocenters. The maximum Gasteiger partial charge on any atom is 1.00 e. The number of nitrogens with two attached hydrogens (primary N) is 2. The van der Waals surface area contributed by atoms with Gasteiger partial charge in [0.05, 0.1) is 17.8 Å². The predicted molar refractivity (Wildman–Crippen MR) is 154 cm³/mol. The van der Waals surface area contributed by atoms with Crippen molar-refractivity contribution in [2.75, 3.05) is 25.9 Å². The Morgan fingerprint density at radius 3 is 2.52 bits per heavy atom. The zero-order valence-corrected chi connectivity index (χ0v) is 27.7. The Labute approximate surface area is 291 Å². The minimum atomic E-state index is -4.84. The fraction of sp³-hybridized carbons (Fsp3) is 0.286. The second kappa shape index (κ2) is 19.7. The Morgan fingerprint density at radius 2 is 1.95 bits per heavy atom. The number of rotatable bonds is 11. The van der Waals surface area contributed by atoms with E-state index in [9.17, 15) is 18.0 Å². The van der Waals surface area contributed by atoms with Crippen molar-refractivity contribution in [1.29, 1.82) is 0 Å². The van der Waals surface area contributed by atoms with Crippen LogP contribution < -0.4 is 76.6 Å². The van der Waals surface area contributed by atoms with E-state index >= 15 is 0 Å². The summed E-state index contributed by atoms with van der Waals surface area (Å²) in [7, 11) is 4.92. The number of alkyl halides is 3. The van der Waals surface area contributed by atoms with Gasteiger partial charge in [-0.1, -0.05) is 35.8 Å². The molecule has 3 aromatic rings. The van der Waals surface area contributed by atoms with E-state index in [0.717, 1.165) is 30.2 Å². The van der Waals surface area contributed by atoms with Crippen molar-refractivity contribution in [2.45, 2.75) is 33.1 Å². The predicted octanol–water partition coefficient (Wildman–Crippen LogP) is 3.70. The van der Waals surface area contributed by atoms with Gasteiger partial charge in [-0.05, 0) is 61.0 Å². The van der Waals surface area contributed by atoms with Crippen LogP contribution in [-0.2, 0) is 11.2 Å². The van der Waals surface area contributed by atoms with Gasteiger partial charge in [-0.2, -0.15) is 13.2 Å². The first kappa shape index (κ1) is 39.6. The quantitative estimate of drug-likeness (QED) is 0.0824. The second-order valence-electron chi connectivity index (χ2n) is 8.23. The van der Waals surface area contributed by atoms with E-state index in [-0.39, 0.29) is 68.3 Å². The summed E-state index contributed by atoms with van der Waals surface area (Å²) in [5.74, 6) is 0.394.